The molecule has 0 radical (unpaired) electrons. The average Bonchev–Trinajstić information content (AvgIpc) is 2.58. The monoisotopic (exact) mass is 407 g/mol. The molecule has 0 fully saturated rings. The fourth-order valence-electron chi connectivity index (χ4n) is 2.19. The van der Waals surface area contributed by atoms with Crippen molar-refractivity contribution in [1.82, 2.24) is 0 Å². The van der Waals surface area contributed by atoms with Gasteiger partial charge in [-0.25, -0.2) is 4.79 Å². The molecule has 0 saturated carbocycles. The second-order valence-electron chi connectivity index (χ2n) is 5.14. The first-order chi connectivity index (χ1) is 11.9. The molecule has 0 spiro atoms. The molecule has 0 aliphatic heterocycles. The highest BCUT2D eigenvalue weighted by molar-refractivity contribution is 9.10. The van der Waals surface area contributed by atoms with Gasteiger partial charge in [-0.15, -0.1) is 0 Å². The van der Waals surface area contributed by atoms with Gasteiger partial charge in [0.15, 0.2) is 11.5 Å². The zero-order valence-electron chi connectivity index (χ0n) is 14.1. The first-order valence-electron chi connectivity index (χ1n) is 7.39. The van der Waals surface area contributed by atoms with E-state index < -0.39 is 5.97 Å². The van der Waals surface area contributed by atoms with Gasteiger partial charge in [0.05, 0.1) is 25.5 Å². The van der Waals surface area contributed by atoms with Crippen LogP contribution in [0.15, 0.2) is 40.9 Å². The molecule has 1 amide bonds. The number of benzene rings is 2. The Labute approximate surface area is 154 Å². The minimum Gasteiger partial charge on any atom is -0.493 e. The number of amides is 1. The summed E-state index contributed by atoms with van der Waals surface area (Å²) in [6.07, 6.45) is 0. The molecule has 1 N–H and O–H groups in total. The molecule has 0 heterocycles. The van der Waals surface area contributed by atoms with Gasteiger partial charge in [-0.05, 0) is 17.7 Å². The minimum absolute atomic E-state index is 0.103. The Bertz CT molecular complexity index is 791. The highest BCUT2D eigenvalue weighted by atomic mass is 79.9. The number of ether oxygens (including phenoxy) is 3. The van der Waals surface area contributed by atoms with Gasteiger partial charge in [0.1, 0.15) is 6.61 Å². The Hall–Kier alpha value is -2.54. The largest absolute Gasteiger partial charge is 0.493 e. The molecule has 2 aromatic carbocycles. The fourth-order valence-corrected chi connectivity index (χ4v) is 2.64. The van der Waals surface area contributed by atoms with Gasteiger partial charge in [0, 0.05) is 23.5 Å². The van der Waals surface area contributed by atoms with Crippen LogP contribution < -0.4 is 14.8 Å². The lowest BCUT2D eigenvalue weighted by atomic mass is 10.1. The molecule has 0 aliphatic carbocycles. The maximum absolute atomic E-state index is 12.5. The third kappa shape index (κ3) is 4.96. The normalized spacial score (nSPS) is 10.1. The van der Waals surface area contributed by atoms with Gasteiger partial charge < -0.3 is 19.5 Å². The number of hydrogen-bond donors (Lipinski definition) is 1. The van der Waals surface area contributed by atoms with Crippen molar-refractivity contribution in [2.24, 2.45) is 0 Å². The third-order valence-electron chi connectivity index (χ3n) is 3.31. The number of methoxy groups -OCH3 is 2. The second kappa shape index (κ2) is 8.53. The lowest BCUT2D eigenvalue weighted by Gasteiger charge is -2.14. The van der Waals surface area contributed by atoms with Gasteiger partial charge in [0.25, 0.3) is 0 Å². The highest BCUT2D eigenvalue weighted by Gasteiger charge is 2.19. The standard InChI is InChI=1S/C18H18BrNO5/c1-11(21)20-15-9-17(24-3)16(23-2)8-14(15)18(22)25-10-12-5-4-6-13(19)7-12/h4-9H,10H2,1-3H3,(H,20,21). The molecule has 2 aromatic rings. The second-order valence-corrected chi connectivity index (χ2v) is 6.06. The van der Waals surface area contributed by atoms with Gasteiger partial charge in [-0.2, -0.15) is 0 Å². The van der Waals surface area contributed by atoms with Crippen LogP contribution in [0.1, 0.15) is 22.8 Å². The third-order valence-corrected chi connectivity index (χ3v) is 3.81. The summed E-state index contributed by atoms with van der Waals surface area (Å²) in [6.45, 7) is 1.46. The number of halogens is 1. The first kappa shape index (κ1) is 18.8. The predicted octanol–water partition coefficient (Wildman–Crippen LogP) is 3.78. The van der Waals surface area contributed by atoms with Gasteiger partial charge in [-0.3, -0.25) is 4.79 Å². The number of rotatable bonds is 6. The van der Waals surface area contributed by atoms with E-state index in [1.165, 1.54) is 33.3 Å². The van der Waals surface area contributed by atoms with E-state index in [9.17, 15) is 9.59 Å². The van der Waals surface area contributed by atoms with Crippen molar-refractivity contribution in [2.75, 3.05) is 19.5 Å². The van der Waals surface area contributed by atoms with Crippen molar-refractivity contribution in [2.45, 2.75) is 13.5 Å². The van der Waals surface area contributed by atoms with E-state index in [2.05, 4.69) is 21.2 Å². The van der Waals surface area contributed by atoms with Gasteiger partial charge in [0.2, 0.25) is 5.91 Å². The Morgan fingerprint density at radius 2 is 1.76 bits per heavy atom. The summed E-state index contributed by atoms with van der Waals surface area (Å²) in [5.41, 5.74) is 1.32. The summed E-state index contributed by atoms with van der Waals surface area (Å²) in [4.78, 5) is 23.9. The van der Waals surface area contributed by atoms with Crippen LogP contribution in [0.5, 0.6) is 11.5 Å². The van der Waals surface area contributed by atoms with Crippen LogP contribution >= 0.6 is 15.9 Å². The summed E-state index contributed by atoms with van der Waals surface area (Å²) in [5, 5.41) is 2.60. The molecule has 132 valence electrons. The first-order valence-corrected chi connectivity index (χ1v) is 8.19. The molecule has 0 atom stereocenters. The molecular formula is C18H18BrNO5. The fraction of sp³-hybridized carbons (Fsp3) is 0.222. The van der Waals surface area contributed by atoms with Crippen molar-refractivity contribution in [3.63, 3.8) is 0 Å². The van der Waals surface area contributed by atoms with Crippen LogP contribution in [0.3, 0.4) is 0 Å². The van der Waals surface area contributed by atoms with E-state index in [4.69, 9.17) is 14.2 Å². The highest BCUT2D eigenvalue weighted by Crippen LogP contribution is 2.34. The molecule has 0 unspecified atom stereocenters. The lowest BCUT2D eigenvalue weighted by molar-refractivity contribution is -0.114. The molecule has 7 heteroatoms. The number of hydrogen-bond acceptors (Lipinski definition) is 5. The topological polar surface area (TPSA) is 73.9 Å². The number of carbonyl (C=O) groups excluding carboxylic acids is 2. The van der Waals surface area contributed by atoms with Crippen LogP contribution in [-0.4, -0.2) is 26.1 Å². The van der Waals surface area contributed by atoms with E-state index >= 15 is 0 Å². The molecule has 0 saturated heterocycles. The molecular weight excluding hydrogens is 390 g/mol. The quantitative estimate of drug-likeness (QED) is 0.737. The van der Waals surface area contributed by atoms with E-state index in [1.54, 1.807) is 0 Å². The van der Waals surface area contributed by atoms with E-state index in [0.29, 0.717) is 17.2 Å². The Kier molecular flexibility index (Phi) is 6.41. The zero-order chi connectivity index (χ0) is 18.4. The minimum atomic E-state index is -0.579. The van der Waals surface area contributed by atoms with Gasteiger partial charge in [-0.1, -0.05) is 28.1 Å². The SMILES string of the molecule is COc1cc(NC(C)=O)c(C(=O)OCc2cccc(Br)c2)cc1OC. The van der Waals surface area contributed by atoms with Gasteiger partial charge >= 0.3 is 5.97 Å². The summed E-state index contributed by atoms with van der Waals surface area (Å²) in [7, 11) is 2.94. The van der Waals surface area contributed by atoms with Crippen LogP contribution in [0.4, 0.5) is 5.69 Å². The molecule has 25 heavy (non-hydrogen) atoms. The predicted molar refractivity (Wildman–Crippen MR) is 97.1 cm³/mol. The Morgan fingerprint density at radius 1 is 1.08 bits per heavy atom. The number of esters is 1. The number of carbonyl (C=O) groups is 2. The summed E-state index contributed by atoms with van der Waals surface area (Å²) in [5.74, 6) is -0.126. The Balaban J connectivity index is 2.28. The summed E-state index contributed by atoms with van der Waals surface area (Å²) in [6, 6.07) is 10.4. The summed E-state index contributed by atoms with van der Waals surface area (Å²) < 4.78 is 16.7. The van der Waals surface area contributed by atoms with Crippen LogP contribution in [0.25, 0.3) is 0 Å². The molecule has 0 bridgehead atoms. The smallest absolute Gasteiger partial charge is 0.340 e. The van der Waals surface area contributed by atoms with Crippen molar-refractivity contribution in [3.8, 4) is 11.5 Å². The van der Waals surface area contributed by atoms with E-state index in [1.807, 2.05) is 24.3 Å². The van der Waals surface area contributed by atoms with E-state index in [-0.39, 0.29) is 18.1 Å². The number of nitrogens with one attached hydrogen (secondary N) is 1. The van der Waals surface area contributed by atoms with Crippen LogP contribution in [0, 0.1) is 0 Å². The lowest BCUT2D eigenvalue weighted by Crippen LogP contribution is -2.13. The van der Waals surface area contributed by atoms with Crippen molar-refractivity contribution in [1.29, 1.82) is 0 Å². The Morgan fingerprint density at radius 3 is 2.36 bits per heavy atom. The summed E-state index contributed by atoms with van der Waals surface area (Å²) >= 11 is 3.37. The molecule has 0 aromatic heterocycles. The molecule has 0 aliphatic rings. The molecule has 6 nitrogen and oxygen atoms in total. The maximum Gasteiger partial charge on any atom is 0.340 e. The van der Waals surface area contributed by atoms with Crippen LogP contribution in [-0.2, 0) is 16.1 Å². The molecule has 2 rings (SSSR count). The van der Waals surface area contributed by atoms with Crippen molar-refractivity contribution in [3.05, 3.63) is 52.0 Å². The van der Waals surface area contributed by atoms with Crippen LogP contribution in [0.2, 0.25) is 0 Å². The average molecular weight is 408 g/mol. The van der Waals surface area contributed by atoms with Crippen molar-refractivity contribution < 1.29 is 23.8 Å². The number of anilines is 1. The zero-order valence-corrected chi connectivity index (χ0v) is 15.7. The van der Waals surface area contributed by atoms with Crippen molar-refractivity contribution >= 4 is 33.5 Å². The maximum atomic E-state index is 12.5. The van der Waals surface area contributed by atoms with E-state index in [0.717, 1.165) is 10.0 Å².